The van der Waals surface area contributed by atoms with Crippen molar-refractivity contribution < 1.29 is 18.8 Å². The molecule has 13 heteroatoms. The van der Waals surface area contributed by atoms with Gasteiger partial charge in [0.1, 0.15) is 17.7 Å². The minimum absolute atomic E-state index is 0.0117. The van der Waals surface area contributed by atoms with E-state index in [0.29, 0.717) is 25.2 Å². The lowest BCUT2D eigenvalue weighted by Gasteiger charge is -2.28. The highest BCUT2D eigenvalue weighted by Crippen LogP contribution is 2.19. The van der Waals surface area contributed by atoms with E-state index in [-0.39, 0.29) is 43.0 Å². The molecule has 0 spiro atoms. The fourth-order valence-electron chi connectivity index (χ4n) is 5.30. The number of carbonyl (C=O) groups is 3. The van der Waals surface area contributed by atoms with E-state index in [2.05, 4.69) is 36.2 Å². The third-order valence-corrected chi connectivity index (χ3v) is 7.65. The van der Waals surface area contributed by atoms with Crippen LogP contribution in [-0.4, -0.2) is 63.2 Å². The Kier molecular flexibility index (Phi) is 10.7. The van der Waals surface area contributed by atoms with Crippen LogP contribution in [-0.2, 0) is 22.6 Å². The van der Waals surface area contributed by atoms with Gasteiger partial charge in [0.25, 0.3) is 5.91 Å². The number of hydrogen-bond donors (Lipinski definition) is 5. The number of fused-ring (bicyclic) bond motifs is 2. The molecule has 5 rings (SSSR count). The maximum absolute atomic E-state index is 14.6. The van der Waals surface area contributed by atoms with Crippen molar-refractivity contribution >= 4 is 35.3 Å². The number of benzene rings is 3. The minimum atomic E-state index is -0.984. The number of amides is 3. The summed E-state index contributed by atoms with van der Waals surface area (Å²) in [5, 5.41) is 11.7. The molecule has 4 aromatic rings. The second-order valence-electron chi connectivity index (χ2n) is 11.5. The zero-order chi connectivity index (χ0) is 33.3. The molecule has 1 aromatic heterocycles. The fraction of sp³-hybridized carbons (Fsp3) is 0.294. The van der Waals surface area contributed by atoms with Gasteiger partial charge < -0.3 is 27.0 Å². The van der Waals surface area contributed by atoms with Crippen LogP contribution >= 0.6 is 0 Å². The molecule has 244 valence electrons. The summed E-state index contributed by atoms with van der Waals surface area (Å²) >= 11 is 0. The average Bonchev–Trinajstić information content (AvgIpc) is 3.03. The third kappa shape index (κ3) is 9.30. The summed E-state index contributed by atoms with van der Waals surface area (Å²) in [5.74, 6) is -1.50. The van der Waals surface area contributed by atoms with Gasteiger partial charge in [-0.2, -0.15) is 15.0 Å². The molecular formula is C34H38FN9O3. The number of aromatic nitrogens is 3. The summed E-state index contributed by atoms with van der Waals surface area (Å²) in [6.07, 6.45) is 1.08. The highest BCUT2D eigenvalue weighted by Gasteiger charge is 2.26. The van der Waals surface area contributed by atoms with Crippen LogP contribution in [0.2, 0.25) is 0 Å². The number of hydrogen-bond acceptors (Lipinski definition) is 9. The van der Waals surface area contributed by atoms with Crippen LogP contribution in [0.15, 0.2) is 72.8 Å². The van der Waals surface area contributed by atoms with Crippen molar-refractivity contribution in [1.82, 2.24) is 35.8 Å². The first-order valence-corrected chi connectivity index (χ1v) is 15.4. The van der Waals surface area contributed by atoms with E-state index in [1.54, 1.807) is 6.07 Å². The second kappa shape index (κ2) is 15.2. The van der Waals surface area contributed by atoms with E-state index in [1.807, 2.05) is 66.4 Å². The largest absolute Gasteiger partial charge is 0.368 e. The smallest absolute Gasteiger partial charge is 0.254 e. The molecule has 47 heavy (non-hydrogen) atoms. The van der Waals surface area contributed by atoms with E-state index in [0.717, 1.165) is 22.4 Å². The highest BCUT2D eigenvalue weighted by molar-refractivity contribution is 5.97. The van der Waals surface area contributed by atoms with Crippen molar-refractivity contribution in [3.8, 4) is 0 Å². The summed E-state index contributed by atoms with van der Waals surface area (Å²) < 4.78 is 14.6. The zero-order valence-electron chi connectivity index (χ0n) is 26.3. The predicted octanol–water partition coefficient (Wildman–Crippen LogP) is 3.19. The third-order valence-electron chi connectivity index (χ3n) is 7.65. The molecule has 6 N–H and O–H groups in total. The summed E-state index contributed by atoms with van der Waals surface area (Å²) in [6.45, 7) is 4.14. The Bertz CT molecular complexity index is 1740. The van der Waals surface area contributed by atoms with Gasteiger partial charge in [-0.3, -0.25) is 19.3 Å². The van der Waals surface area contributed by atoms with E-state index in [4.69, 9.17) is 5.73 Å². The first-order valence-electron chi connectivity index (χ1n) is 15.4. The molecule has 0 aliphatic carbocycles. The Labute approximate surface area is 272 Å². The Balaban J connectivity index is 1.43. The molecule has 3 aromatic carbocycles. The molecule has 2 heterocycles. The van der Waals surface area contributed by atoms with E-state index >= 15 is 0 Å². The average molecular weight is 640 g/mol. The second-order valence-corrected chi connectivity index (χ2v) is 11.5. The Morgan fingerprint density at radius 2 is 1.79 bits per heavy atom. The van der Waals surface area contributed by atoms with Crippen LogP contribution in [0.4, 0.5) is 22.0 Å². The molecule has 0 fully saturated rings. The molecule has 0 saturated carbocycles. The SMILES string of the molecule is Cc1cccc(Nc2nc(N)nc(CN3CC(=O)NCCCc4ccc(F)c(c4)C(=O)N[C@H](C)C(=O)N[C@@H](c4ccccc4)C3)n2)c1. The maximum Gasteiger partial charge on any atom is 0.254 e. The summed E-state index contributed by atoms with van der Waals surface area (Å²) in [4.78, 5) is 54.6. The van der Waals surface area contributed by atoms with Gasteiger partial charge in [-0.1, -0.05) is 48.5 Å². The molecular weight excluding hydrogens is 601 g/mol. The van der Waals surface area contributed by atoms with Gasteiger partial charge in [0, 0.05) is 18.8 Å². The Morgan fingerprint density at radius 3 is 2.57 bits per heavy atom. The normalized spacial score (nSPS) is 18.4. The molecule has 1 aliphatic rings. The number of aryl methyl sites for hydroxylation is 2. The van der Waals surface area contributed by atoms with Gasteiger partial charge in [-0.15, -0.1) is 0 Å². The predicted molar refractivity (Wildman–Crippen MR) is 176 cm³/mol. The van der Waals surface area contributed by atoms with E-state index in [9.17, 15) is 18.8 Å². The van der Waals surface area contributed by atoms with Crippen molar-refractivity contribution in [3.05, 3.63) is 107 Å². The van der Waals surface area contributed by atoms with Gasteiger partial charge in [0.2, 0.25) is 23.7 Å². The highest BCUT2D eigenvalue weighted by atomic mass is 19.1. The van der Waals surface area contributed by atoms with Crippen molar-refractivity contribution in [2.45, 2.75) is 45.3 Å². The van der Waals surface area contributed by atoms with Gasteiger partial charge in [0.05, 0.1) is 24.7 Å². The fourth-order valence-corrected chi connectivity index (χ4v) is 5.30. The standard InChI is InChI=1S/C34H38FN9O3/c1-21-8-6-12-25(16-21)39-34-42-29(41-33(36)43-34)19-44-18-28(24-10-4-3-5-11-24)40-31(46)22(2)38-32(47)26-17-23(13-14-27(26)35)9-7-15-37-30(45)20-44/h3-6,8,10-14,16-17,22,28H,7,9,15,18-20H2,1-2H3,(H,37,45)(H,38,47)(H,40,46)(H3,36,39,41,42,43)/t22-,28-/m1/s1. The minimum Gasteiger partial charge on any atom is -0.368 e. The van der Waals surface area contributed by atoms with E-state index in [1.165, 1.54) is 19.1 Å². The lowest BCUT2D eigenvalue weighted by molar-refractivity contribution is -0.123. The van der Waals surface area contributed by atoms with Crippen LogP contribution < -0.4 is 27.0 Å². The molecule has 0 unspecified atom stereocenters. The number of nitrogens with one attached hydrogen (secondary N) is 4. The summed E-state index contributed by atoms with van der Waals surface area (Å²) in [5.41, 5.74) is 9.27. The van der Waals surface area contributed by atoms with Crippen LogP contribution in [0.3, 0.4) is 0 Å². The number of nitrogens with zero attached hydrogens (tertiary/aromatic N) is 4. The molecule has 2 atom stereocenters. The summed E-state index contributed by atoms with van der Waals surface area (Å²) in [6, 6.07) is 19.7. The van der Waals surface area contributed by atoms with Crippen molar-refractivity contribution in [2.75, 3.05) is 30.7 Å². The first kappa shape index (κ1) is 32.9. The maximum atomic E-state index is 14.6. The zero-order valence-corrected chi connectivity index (χ0v) is 26.3. The van der Waals surface area contributed by atoms with Crippen molar-refractivity contribution in [2.24, 2.45) is 0 Å². The van der Waals surface area contributed by atoms with Crippen LogP contribution in [0.5, 0.6) is 0 Å². The first-order chi connectivity index (χ1) is 22.6. The van der Waals surface area contributed by atoms with E-state index < -0.39 is 29.7 Å². The lowest BCUT2D eigenvalue weighted by atomic mass is 10.0. The topological polar surface area (TPSA) is 167 Å². The lowest BCUT2D eigenvalue weighted by Crippen LogP contribution is -2.48. The number of nitrogen functional groups attached to an aromatic ring is 1. The Hall–Kier alpha value is -5.43. The van der Waals surface area contributed by atoms with Crippen molar-refractivity contribution in [1.29, 1.82) is 0 Å². The molecule has 12 nitrogen and oxygen atoms in total. The van der Waals surface area contributed by atoms with Gasteiger partial charge in [0.15, 0.2) is 0 Å². The summed E-state index contributed by atoms with van der Waals surface area (Å²) in [7, 11) is 0. The van der Waals surface area contributed by atoms with Gasteiger partial charge >= 0.3 is 0 Å². The van der Waals surface area contributed by atoms with Gasteiger partial charge in [-0.05, 0) is 67.6 Å². The van der Waals surface area contributed by atoms with Gasteiger partial charge in [-0.25, -0.2) is 4.39 Å². The Morgan fingerprint density at radius 1 is 0.979 bits per heavy atom. The van der Waals surface area contributed by atoms with Crippen LogP contribution in [0.25, 0.3) is 0 Å². The molecule has 3 amide bonds. The number of rotatable bonds is 5. The number of halogens is 1. The molecule has 1 aliphatic heterocycles. The van der Waals surface area contributed by atoms with Crippen molar-refractivity contribution in [3.63, 3.8) is 0 Å². The molecule has 0 saturated heterocycles. The number of anilines is 3. The monoisotopic (exact) mass is 639 g/mol. The number of carbonyl (C=O) groups excluding carboxylic acids is 3. The number of nitrogens with two attached hydrogens (primary N) is 1. The molecule has 0 radical (unpaired) electrons. The van der Waals surface area contributed by atoms with Crippen LogP contribution in [0, 0.1) is 12.7 Å². The quantitative estimate of drug-likeness (QED) is 0.220. The van der Waals surface area contributed by atoms with Crippen LogP contribution in [0.1, 0.15) is 52.3 Å². The molecule has 2 bridgehead atoms.